The molecule has 0 saturated carbocycles. The summed E-state index contributed by atoms with van der Waals surface area (Å²) in [7, 11) is 2.16. The van der Waals surface area contributed by atoms with Gasteiger partial charge in [-0.3, -0.25) is 4.90 Å². The number of nitrogens with zero attached hydrogens (tertiary/aromatic N) is 5. The molecule has 1 fully saturated rings. The van der Waals surface area contributed by atoms with Crippen LogP contribution in [-0.2, 0) is 6.61 Å². The van der Waals surface area contributed by atoms with E-state index in [1.165, 1.54) is 11.8 Å². The Morgan fingerprint density at radius 3 is 2.53 bits per heavy atom. The molecule has 2 aromatic carbocycles. The lowest BCUT2D eigenvalue weighted by Crippen LogP contribution is -2.55. The average Bonchev–Trinajstić information content (AvgIpc) is 2.82. The number of nitriles is 1. The fourth-order valence-corrected chi connectivity index (χ4v) is 4.51. The van der Waals surface area contributed by atoms with Crippen LogP contribution in [0.25, 0.3) is 0 Å². The Labute approximate surface area is 193 Å². The lowest BCUT2D eigenvalue weighted by Gasteiger charge is -2.42. The number of anilines is 1. The van der Waals surface area contributed by atoms with E-state index in [2.05, 4.69) is 36.8 Å². The molecule has 0 bridgehead atoms. The summed E-state index contributed by atoms with van der Waals surface area (Å²) in [4.78, 5) is 16.0. The minimum atomic E-state index is 0.315. The average molecular weight is 446 g/mol. The summed E-state index contributed by atoms with van der Waals surface area (Å²) >= 11 is 1.54. The number of likely N-dealkylation sites (N-methyl/N-ethyl adjacent to an activating group) is 1. The fourth-order valence-electron chi connectivity index (χ4n) is 3.69. The van der Waals surface area contributed by atoms with E-state index in [4.69, 9.17) is 20.0 Å². The predicted molar refractivity (Wildman–Crippen MR) is 127 cm³/mol. The fraction of sp³-hybridized carbons (Fsp3) is 0.320. The van der Waals surface area contributed by atoms with Crippen LogP contribution in [0.5, 0.6) is 5.88 Å². The second kappa shape index (κ2) is 10.0. The first kappa shape index (κ1) is 22.1. The Kier molecular flexibility index (Phi) is 6.93. The van der Waals surface area contributed by atoms with Gasteiger partial charge < -0.3 is 9.64 Å². The molecule has 2 heterocycles. The van der Waals surface area contributed by atoms with Crippen molar-refractivity contribution in [1.29, 1.82) is 5.26 Å². The van der Waals surface area contributed by atoms with Crippen molar-refractivity contribution >= 4 is 17.7 Å². The van der Waals surface area contributed by atoms with Gasteiger partial charge in [0.1, 0.15) is 6.61 Å². The van der Waals surface area contributed by atoms with Crippen LogP contribution in [0.4, 0.5) is 5.95 Å². The number of rotatable bonds is 6. The molecule has 0 spiro atoms. The number of aromatic nitrogens is 2. The van der Waals surface area contributed by atoms with E-state index in [-0.39, 0.29) is 0 Å². The van der Waals surface area contributed by atoms with E-state index in [1.807, 2.05) is 60.8 Å². The summed E-state index contributed by atoms with van der Waals surface area (Å²) < 4.78 is 6.19. The number of benzene rings is 2. The maximum Gasteiger partial charge on any atom is 0.232 e. The van der Waals surface area contributed by atoms with Gasteiger partial charge in [0.2, 0.25) is 11.8 Å². The molecule has 0 aliphatic carbocycles. The first-order valence-electron chi connectivity index (χ1n) is 10.7. The maximum absolute atomic E-state index is 9.05. The summed E-state index contributed by atoms with van der Waals surface area (Å²) in [5.74, 6) is 1.27. The van der Waals surface area contributed by atoms with Crippen molar-refractivity contribution < 1.29 is 4.74 Å². The van der Waals surface area contributed by atoms with Gasteiger partial charge in [0.25, 0.3) is 0 Å². The van der Waals surface area contributed by atoms with E-state index >= 15 is 0 Å². The molecule has 0 radical (unpaired) electrons. The van der Waals surface area contributed by atoms with E-state index in [9.17, 15) is 0 Å². The van der Waals surface area contributed by atoms with Crippen LogP contribution >= 0.6 is 11.8 Å². The van der Waals surface area contributed by atoms with E-state index < -0.39 is 0 Å². The van der Waals surface area contributed by atoms with Crippen molar-refractivity contribution in [2.75, 3.05) is 25.0 Å². The Hall–Kier alpha value is -3.08. The third-order valence-electron chi connectivity index (χ3n) is 5.69. The Balaban J connectivity index is 1.61. The van der Waals surface area contributed by atoms with Crippen molar-refractivity contribution in [3.8, 4) is 11.9 Å². The zero-order valence-corrected chi connectivity index (χ0v) is 19.4. The van der Waals surface area contributed by atoms with Crippen molar-refractivity contribution in [2.24, 2.45) is 0 Å². The Morgan fingerprint density at radius 2 is 1.81 bits per heavy atom. The molecule has 0 unspecified atom stereocenters. The van der Waals surface area contributed by atoms with Crippen LogP contribution in [0.2, 0.25) is 0 Å². The number of hydrogen-bond donors (Lipinski definition) is 0. The van der Waals surface area contributed by atoms with Gasteiger partial charge >= 0.3 is 0 Å². The quantitative estimate of drug-likeness (QED) is 0.549. The van der Waals surface area contributed by atoms with Gasteiger partial charge in [0.15, 0.2) is 0 Å². The first-order chi connectivity index (χ1) is 15.5. The molecule has 1 aliphatic rings. The molecule has 2 atom stereocenters. The minimum Gasteiger partial charge on any atom is -0.472 e. The van der Waals surface area contributed by atoms with E-state index in [0.29, 0.717) is 36.1 Å². The van der Waals surface area contributed by atoms with Gasteiger partial charge in [0, 0.05) is 30.1 Å². The third-order valence-corrected chi connectivity index (χ3v) is 6.70. The smallest absolute Gasteiger partial charge is 0.232 e. The first-order valence-corrected chi connectivity index (χ1v) is 11.5. The molecule has 3 aromatic rings. The van der Waals surface area contributed by atoms with Gasteiger partial charge in [-0.1, -0.05) is 42.1 Å². The highest BCUT2D eigenvalue weighted by molar-refractivity contribution is 7.99. The predicted octanol–water partition coefficient (Wildman–Crippen LogP) is 4.61. The van der Waals surface area contributed by atoms with Crippen LogP contribution < -0.4 is 9.64 Å². The monoisotopic (exact) mass is 445 g/mol. The van der Waals surface area contributed by atoms with Crippen LogP contribution in [0.1, 0.15) is 25.0 Å². The summed E-state index contributed by atoms with van der Waals surface area (Å²) in [6.07, 6.45) is 1.85. The third kappa shape index (κ3) is 5.21. The van der Waals surface area contributed by atoms with Gasteiger partial charge in [-0.2, -0.15) is 10.2 Å². The summed E-state index contributed by atoms with van der Waals surface area (Å²) in [6, 6.07) is 20.5. The van der Waals surface area contributed by atoms with Crippen LogP contribution in [0.3, 0.4) is 0 Å². The molecule has 1 aromatic heterocycles. The number of hydrogen-bond acceptors (Lipinski definition) is 7. The zero-order chi connectivity index (χ0) is 22.5. The minimum absolute atomic E-state index is 0.315. The molecule has 0 N–H and O–H groups in total. The normalized spacial score (nSPS) is 18.9. The Bertz CT molecular complexity index is 1080. The van der Waals surface area contributed by atoms with Gasteiger partial charge in [0.05, 0.1) is 22.7 Å². The molecule has 4 rings (SSSR count). The van der Waals surface area contributed by atoms with Crippen molar-refractivity contribution in [3.63, 3.8) is 0 Å². The summed E-state index contributed by atoms with van der Waals surface area (Å²) in [5.41, 5.74) is 1.73. The number of piperazine rings is 1. The van der Waals surface area contributed by atoms with Gasteiger partial charge in [-0.15, -0.1) is 0 Å². The highest BCUT2D eigenvalue weighted by atomic mass is 32.2. The second-order valence-electron chi connectivity index (χ2n) is 8.14. The van der Waals surface area contributed by atoms with E-state index in [1.54, 1.807) is 0 Å². The SMILES string of the molecule is C[C@@H]1CN(C)[C@@H](C)CN1c1ncc(Sc2ccc(C#N)cc2)c(OCc2ccccc2)n1. The van der Waals surface area contributed by atoms with Crippen molar-refractivity contribution in [2.45, 2.75) is 42.3 Å². The van der Waals surface area contributed by atoms with Gasteiger partial charge in [-0.25, -0.2) is 4.98 Å². The zero-order valence-electron chi connectivity index (χ0n) is 18.6. The molecule has 7 heteroatoms. The Morgan fingerprint density at radius 1 is 1.06 bits per heavy atom. The lowest BCUT2D eigenvalue weighted by atomic mass is 10.1. The standard InChI is InChI=1S/C25H27N5OS/c1-18-16-30(19(2)15-29(18)3)25-27-14-23(32-22-11-9-20(13-26)10-12-22)24(28-25)31-17-21-7-5-4-6-8-21/h4-12,14,18-19H,15-17H2,1-3H3/t18-,19+/m0/s1. The molecule has 164 valence electrons. The number of ether oxygens (including phenoxy) is 1. The lowest BCUT2D eigenvalue weighted by molar-refractivity contribution is 0.203. The summed E-state index contributed by atoms with van der Waals surface area (Å²) in [5, 5.41) is 9.05. The largest absolute Gasteiger partial charge is 0.472 e. The molecular weight excluding hydrogens is 418 g/mol. The van der Waals surface area contributed by atoms with Gasteiger partial charge in [-0.05, 0) is 50.7 Å². The van der Waals surface area contributed by atoms with Crippen LogP contribution in [0, 0.1) is 11.3 Å². The topological polar surface area (TPSA) is 65.3 Å². The van der Waals surface area contributed by atoms with Crippen molar-refractivity contribution in [1.82, 2.24) is 14.9 Å². The molecule has 0 amide bonds. The molecule has 32 heavy (non-hydrogen) atoms. The van der Waals surface area contributed by atoms with E-state index in [0.717, 1.165) is 28.4 Å². The molecular formula is C25H27N5OS. The van der Waals surface area contributed by atoms with Crippen molar-refractivity contribution in [3.05, 3.63) is 71.9 Å². The maximum atomic E-state index is 9.05. The van der Waals surface area contributed by atoms with Crippen LogP contribution in [-0.4, -0.2) is 47.1 Å². The molecule has 6 nitrogen and oxygen atoms in total. The van der Waals surface area contributed by atoms with Crippen LogP contribution in [0.15, 0.2) is 70.6 Å². The highest BCUT2D eigenvalue weighted by Crippen LogP contribution is 2.35. The molecule has 1 saturated heterocycles. The second-order valence-corrected chi connectivity index (χ2v) is 9.26. The molecule has 1 aliphatic heterocycles. The summed E-state index contributed by atoms with van der Waals surface area (Å²) in [6.45, 7) is 6.70. The highest BCUT2D eigenvalue weighted by Gasteiger charge is 2.29.